The van der Waals surface area contributed by atoms with Crippen LogP contribution in [0.5, 0.6) is 0 Å². The number of carboxylic acid groups (broad SMARTS) is 1. The Balaban J connectivity index is 2.36. The number of hydrogen-bond donors (Lipinski definition) is 4. The Bertz CT molecular complexity index is 369. The number of unbranched alkanes of at least 4 members (excludes halogenated alkanes) is 1. The van der Waals surface area contributed by atoms with Crippen molar-refractivity contribution in [2.75, 3.05) is 13.1 Å². The van der Waals surface area contributed by atoms with E-state index in [1.165, 1.54) is 6.21 Å². The van der Waals surface area contributed by atoms with Gasteiger partial charge in [0, 0.05) is 12.8 Å². The van der Waals surface area contributed by atoms with E-state index in [1.807, 2.05) is 0 Å². The van der Waals surface area contributed by atoms with Crippen molar-refractivity contribution in [3.8, 4) is 0 Å². The molecule has 1 aliphatic rings. The van der Waals surface area contributed by atoms with Gasteiger partial charge in [-0.25, -0.2) is 4.58 Å². The Hall–Kier alpha value is -1.31. The predicted molar refractivity (Wildman–Crippen MR) is 67.2 cm³/mol. The molecule has 0 aromatic rings. The van der Waals surface area contributed by atoms with Gasteiger partial charge < -0.3 is 21.1 Å². The molecule has 3 atom stereocenters. The summed E-state index contributed by atoms with van der Waals surface area (Å²) < 4.78 is 1.66. The highest BCUT2D eigenvalue weighted by Crippen LogP contribution is 2.06. The number of carbonyl (C=O) groups excluding carboxylic acids is 1. The Kier molecular flexibility index (Phi) is 6.07. The van der Waals surface area contributed by atoms with Crippen molar-refractivity contribution in [3.05, 3.63) is 0 Å². The molecule has 0 saturated carbocycles. The van der Waals surface area contributed by atoms with Gasteiger partial charge in [-0.3, -0.25) is 9.59 Å². The maximum absolute atomic E-state index is 11.4. The fraction of sp³-hybridized carbons (Fsp3) is 0.750. The molecule has 1 unspecified atom stereocenters. The first-order valence-corrected chi connectivity index (χ1v) is 6.36. The van der Waals surface area contributed by atoms with Crippen LogP contribution in [0, 0.1) is 0 Å². The SMILES string of the molecule is NC(CCCC[N+]1=CC(=O)C[C@@H](O)[C@@H](O)[13CH2]1)C(=O)O. The normalized spacial score (nSPS) is 25.6. The van der Waals surface area contributed by atoms with Gasteiger partial charge in [0.1, 0.15) is 18.7 Å². The van der Waals surface area contributed by atoms with Crippen LogP contribution in [0.1, 0.15) is 25.7 Å². The van der Waals surface area contributed by atoms with Crippen LogP contribution in [0.25, 0.3) is 0 Å². The molecule has 0 radical (unpaired) electrons. The lowest BCUT2D eigenvalue weighted by Crippen LogP contribution is -2.33. The van der Waals surface area contributed by atoms with E-state index >= 15 is 0 Å². The fourth-order valence-corrected chi connectivity index (χ4v) is 1.97. The summed E-state index contributed by atoms with van der Waals surface area (Å²) in [4.78, 5) is 21.9. The van der Waals surface area contributed by atoms with Crippen LogP contribution in [0.15, 0.2) is 0 Å². The van der Waals surface area contributed by atoms with Gasteiger partial charge in [0.2, 0.25) is 12.0 Å². The number of nitrogens with zero attached hydrogens (tertiary/aromatic N) is 1. The van der Waals surface area contributed by atoms with Gasteiger partial charge in [0.15, 0.2) is 6.54 Å². The molecule has 108 valence electrons. The first-order chi connectivity index (χ1) is 8.90. The topological polar surface area (TPSA) is 124 Å². The molecule has 7 heteroatoms. The number of carbonyl (C=O) groups is 2. The zero-order chi connectivity index (χ0) is 14.4. The number of nitrogens with two attached hydrogens (primary N) is 1. The number of ketones is 1. The second-order valence-corrected chi connectivity index (χ2v) is 4.87. The van der Waals surface area contributed by atoms with Gasteiger partial charge in [-0.05, 0) is 12.8 Å². The lowest BCUT2D eigenvalue weighted by Gasteiger charge is -2.11. The van der Waals surface area contributed by atoms with Crippen LogP contribution >= 0.6 is 0 Å². The monoisotopic (exact) mass is 274 g/mol. The number of carboxylic acids is 1. The zero-order valence-corrected chi connectivity index (χ0v) is 10.7. The quantitative estimate of drug-likeness (QED) is 0.261. The number of aliphatic hydroxyl groups excluding tert-OH is 2. The Morgan fingerprint density at radius 2 is 2.11 bits per heavy atom. The third-order valence-corrected chi connectivity index (χ3v) is 3.13. The highest BCUT2D eigenvalue weighted by atomic mass is 16.4. The van der Waals surface area contributed by atoms with Crippen molar-refractivity contribution in [2.45, 2.75) is 43.9 Å². The van der Waals surface area contributed by atoms with Crippen molar-refractivity contribution in [1.29, 1.82) is 0 Å². The Morgan fingerprint density at radius 3 is 2.74 bits per heavy atom. The summed E-state index contributed by atoms with van der Waals surface area (Å²) in [7, 11) is 0. The summed E-state index contributed by atoms with van der Waals surface area (Å²) in [5.41, 5.74) is 5.37. The molecular formula is C12H21N2O5+. The number of aliphatic hydroxyl groups is 2. The second kappa shape index (κ2) is 7.32. The maximum atomic E-state index is 11.4. The van der Waals surface area contributed by atoms with Crippen molar-refractivity contribution >= 4 is 18.0 Å². The van der Waals surface area contributed by atoms with Gasteiger partial charge in [0.25, 0.3) is 0 Å². The Morgan fingerprint density at radius 1 is 1.42 bits per heavy atom. The number of aliphatic carboxylic acids is 1. The summed E-state index contributed by atoms with van der Waals surface area (Å²) in [5.74, 6) is -1.23. The average Bonchev–Trinajstić information content (AvgIpc) is 2.44. The molecule has 1 heterocycles. The van der Waals surface area contributed by atoms with E-state index in [4.69, 9.17) is 10.8 Å². The largest absolute Gasteiger partial charge is 0.480 e. The second-order valence-electron chi connectivity index (χ2n) is 4.87. The summed E-state index contributed by atoms with van der Waals surface area (Å²) in [5, 5.41) is 27.7. The maximum Gasteiger partial charge on any atom is 0.320 e. The standard InChI is InChI=1S/C12H20N2O5/c13-9(12(18)19)3-1-2-4-14-6-8(15)5-10(16)11(17)7-14/h6,9-11,16-17H,1-5,7,13H2/p+1/t9?,10-,11+/m1/s1/i7+1. The molecule has 0 bridgehead atoms. The van der Waals surface area contributed by atoms with E-state index in [2.05, 4.69) is 0 Å². The third kappa shape index (κ3) is 5.46. The van der Waals surface area contributed by atoms with Gasteiger partial charge in [0.05, 0.1) is 6.10 Å². The highest BCUT2D eigenvalue weighted by Gasteiger charge is 2.28. The fourth-order valence-electron chi connectivity index (χ4n) is 1.97. The van der Waals surface area contributed by atoms with Crippen LogP contribution < -0.4 is 5.73 Å². The van der Waals surface area contributed by atoms with Crippen molar-refractivity contribution < 1.29 is 29.5 Å². The van der Waals surface area contributed by atoms with Crippen molar-refractivity contribution in [1.82, 2.24) is 0 Å². The van der Waals surface area contributed by atoms with Crippen LogP contribution in [0.2, 0.25) is 0 Å². The van der Waals surface area contributed by atoms with Gasteiger partial charge in [-0.1, -0.05) is 0 Å². The molecule has 0 saturated heterocycles. The molecule has 0 spiro atoms. The van der Waals surface area contributed by atoms with Crippen LogP contribution in [-0.2, 0) is 9.59 Å². The molecule has 5 N–H and O–H groups in total. The molecule has 7 nitrogen and oxygen atoms in total. The summed E-state index contributed by atoms with van der Waals surface area (Å²) in [6.07, 6.45) is 1.05. The molecule has 19 heavy (non-hydrogen) atoms. The number of β-amino-alcohol motifs (C(OH)–C–C–N with tert-alkyl or cyclic N) is 1. The summed E-state index contributed by atoms with van der Waals surface area (Å²) in [6.45, 7) is 0.736. The lowest BCUT2D eigenvalue weighted by atomic mass is 10.1. The number of hydrogen-bond acceptors (Lipinski definition) is 5. The van der Waals surface area contributed by atoms with Crippen LogP contribution in [-0.4, -0.2) is 69.2 Å². The molecular weight excluding hydrogens is 253 g/mol. The minimum absolute atomic E-state index is 0.0679. The summed E-state index contributed by atoms with van der Waals surface area (Å²) >= 11 is 0. The van der Waals surface area contributed by atoms with Gasteiger partial charge in [-0.15, -0.1) is 0 Å². The van der Waals surface area contributed by atoms with Crippen LogP contribution in [0.4, 0.5) is 0 Å². The minimum atomic E-state index is -1.02. The minimum Gasteiger partial charge on any atom is -0.480 e. The highest BCUT2D eigenvalue weighted by molar-refractivity contribution is 6.25. The van der Waals surface area contributed by atoms with E-state index in [9.17, 15) is 19.8 Å². The molecule has 0 aromatic carbocycles. The molecule has 0 amide bonds. The van der Waals surface area contributed by atoms with E-state index in [0.717, 1.165) is 0 Å². The predicted octanol–water partition coefficient (Wildman–Crippen LogP) is -1.65. The van der Waals surface area contributed by atoms with Crippen molar-refractivity contribution in [2.24, 2.45) is 5.73 Å². The van der Waals surface area contributed by atoms with Gasteiger partial charge >= 0.3 is 5.97 Å². The number of Topliss-reactive ketones (excluding diaryl/α,β-unsaturated/α-hetero) is 1. The smallest absolute Gasteiger partial charge is 0.320 e. The summed E-state index contributed by atoms with van der Waals surface area (Å²) in [6, 6.07) is -0.859. The van der Waals surface area contributed by atoms with E-state index in [1.54, 1.807) is 4.58 Å². The molecule has 0 fully saturated rings. The van der Waals surface area contributed by atoms with E-state index < -0.39 is 24.2 Å². The van der Waals surface area contributed by atoms with Crippen LogP contribution in [0.3, 0.4) is 0 Å². The molecule has 1 rings (SSSR count). The lowest BCUT2D eigenvalue weighted by molar-refractivity contribution is -0.532. The van der Waals surface area contributed by atoms with Crippen molar-refractivity contribution in [3.63, 3.8) is 0 Å². The van der Waals surface area contributed by atoms with E-state index in [0.29, 0.717) is 25.8 Å². The molecule has 0 aromatic heterocycles. The van der Waals surface area contributed by atoms with Gasteiger partial charge in [-0.2, -0.15) is 0 Å². The third-order valence-electron chi connectivity index (χ3n) is 3.13. The molecule has 1 aliphatic heterocycles. The zero-order valence-electron chi connectivity index (χ0n) is 10.7. The number of rotatable bonds is 6. The van der Waals surface area contributed by atoms with E-state index in [-0.39, 0.29) is 18.7 Å². The first-order valence-electron chi connectivity index (χ1n) is 6.36. The Labute approximate surface area is 111 Å². The first kappa shape index (κ1) is 15.7. The average molecular weight is 274 g/mol. The molecule has 0 aliphatic carbocycles.